The van der Waals surface area contributed by atoms with Gasteiger partial charge < -0.3 is 14.6 Å². The molecule has 1 heterocycles. The Morgan fingerprint density at radius 2 is 2.04 bits per heavy atom. The zero-order chi connectivity index (χ0) is 17.7. The van der Waals surface area contributed by atoms with E-state index in [9.17, 15) is 9.59 Å². The van der Waals surface area contributed by atoms with Crippen LogP contribution in [0.25, 0.3) is 11.3 Å². The zero-order valence-electron chi connectivity index (χ0n) is 13.7. The molecule has 0 aliphatic rings. The van der Waals surface area contributed by atoms with Gasteiger partial charge in [-0.1, -0.05) is 0 Å². The first-order chi connectivity index (χ1) is 11.4. The first-order valence-electron chi connectivity index (χ1n) is 7.40. The number of carbonyl (C=O) groups excluding carboxylic acids is 2. The number of rotatable bonds is 4. The van der Waals surface area contributed by atoms with Crippen LogP contribution in [0.1, 0.15) is 19.2 Å². The average molecular weight is 326 g/mol. The minimum Gasteiger partial charge on any atom is -0.441 e. The van der Waals surface area contributed by atoms with Crippen LogP contribution in [0.15, 0.2) is 34.9 Å². The average Bonchev–Trinajstić information content (AvgIpc) is 3.00. The van der Waals surface area contributed by atoms with E-state index in [2.05, 4.69) is 10.3 Å². The van der Waals surface area contributed by atoms with Gasteiger partial charge in [0.2, 0.25) is 0 Å². The maximum absolute atomic E-state index is 12.0. The molecule has 0 spiro atoms. The van der Waals surface area contributed by atoms with Crippen LogP contribution in [0.4, 0.5) is 5.69 Å². The second-order valence-electron chi connectivity index (χ2n) is 5.40. The lowest BCUT2D eigenvalue weighted by Gasteiger charge is -2.22. The summed E-state index contributed by atoms with van der Waals surface area (Å²) >= 11 is 0. The third-order valence-electron chi connectivity index (χ3n) is 3.61. The second-order valence-corrected chi connectivity index (χ2v) is 5.40. The lowest BCUT2D eigenvalue weighted by Crippen LogP contribution is -2.42. The fourth-order valence-electron chi connectivity index (χ4n) is 2.03. The number of carbonyl (C=O) groups is 2. The van der Waals surface area contributed by atoms with Gasteiger partial charge in [0.15, 0.2) is 11.7 Å². The van der Waals surface area contributed by atoms with Crippen LogP contribution in [-0.2, 0) is 9.59 Å². The summed E-state index contributed by atoms with van der Waals surface area (Å²) in [4.78, 5) is 29.3. The normalized spacial score (nSPS) is 11.4. The highest BCUT2D eigenvalue weighted by Gasteiger charge is 2.22. The van der Waals surface area contributed by atoms with Gasteiger partial charge >= 0.3 is 11.8 Å². The molecule has 0 saturated carbocycles. The number of nitrogens with zero attached hydrogens (tertiary/aromatic N) is 3. The Labute approximate surface area is 139 Å². The summed E-state index contributed by atoms with van der Waals surface area (Å²) in [6, 6.07) is 8.53. The van der Waals surface area contributed by atoms with Gasteiger partial charge in [0.25, 0.3) is 0 Å². The topological polar surface area (TPSA) is 99.2 Å². The summed E-state index contributed by atoms with van der Waals surface area (Å²) in [6.45, 7) is 3.47. The number of aromatic nitrogens is 1. The number of nitriles is 1. The van der Waals surface area contributed by atoms with Crippen molar-refractivity contribution < 1.29 is 14.0 Å². The molecule has 0 bridgehead atoms. The molecule has 0 aliphatic heterocycles. The number of benzene rings is 1. The van der Waals surface area contributed by atoms with Crippen molar-refractivity contribution in [1.82, 2.24) is 9.88 Å². The third kappa shape index (κ3) is 3.98. The summed E-state index contributed by atoms with van der Waals surface area (Å²) in [5, 5.41) is 11.2. The van der Waals surface area contributed by atoms with E-state index in [0.29, 0.717) is 17.3 Å². The summed E-state index contributed by atoms with van der Waals surface area (Å²) in [7, 11) is 1.50. The van der Waals surface area contributed by atoms with Crippen molar-refractivity contribution in [3.63, 3.8) is 0 Å². The van der Waals surface area contributed by atoms with Crippen LogP contribution in [0.2, 0.25) is 0 Å². The maximum atomic E-state index is 12.0. The Morgan fingerprint density at radius 3 is 2.58 bits per heavy atom. The molecule has 1 N–H and O–H groups in total. The Balaban J connectivity index is 2.02. The summed E-state index contributed by atoms with van der Waals surface area (Å²) in [5.41, 5.74) is 1.31. The number of nitrogens with one attached hydrogen (secondary N) is 1. The first-order valence-corrected chi connectivity index (χ1v) is 7.40. The molecule has 0 unspecified atom stereocenters. The third-order valence-corrected chi connectivity index (χ3v) is 3.61. The standard InChI is InChI=1S/C17H18N4O3/c1-11(8-9-18)21(3)17(23)16(22)20-14-6-4-13(5-7-14)15-10-19-12(2)24-15/h4-7,10-11H,8H2,1-3H3,(H,20,22)/t11-/m0/s1. The molecule has 2 rings (SSSR count). The molecule has 7 nitrogen and oxygen atoms in total. The highest BCUT2D eigenvalue weighted by molar-refractivity contribution is 6.39. The summed E-state index contributed by atoms with van der Waals surface area (Å²) < 4.78 is 5.42. The molecule has 1 aromatic heterocycles. The Morgan fingerprint density at radius 1 is 1.38 bits per heavy atom. The van der Waals surface area contributed by atoms with E-state index in [1.165, 1.54) is 11.9 Å². The minimum atomic E-state index is -0.745. The van der Waals surface area contributed by atoms with E-state index >= 15 is 0 Å². The molecule has 1 aromatic carbocycles. The number of anilines is 1. The number of amides is 2. The molecule has 24 heavy (non-hydrogen) atoms. The molecular weight excluding hydrogens is 308 g/mol. The SMILES string of the molecule is Cc1ncc(-c2ccc(NC(=O)C(=O)N(C)[C@@H](C)CC#N)cc2)o1. The molecular formula is C17H18N4O3. The van der Waals surface area contributed by atoms with Gasteiger partial charge in [0.05, 0.1) is 18.7 Å². The van der Waals surface area contributed by atoms with Crippen molar-refractivity contribution in [2.24, 2.45) is 0 Å². The van der Waals surface area contributed by atoms with Crippen LogP contribution in [0.3, 0.4) is 0 Å². The van der Waals surface area contributed by atoms with Crippen molar-refractivity contribution in [3.8, 4) is 17.4 Å². The Hall–Kier alpha value is -3.14. The second kappa shape index (κ2) is 7.42. The molecule has 0 radical (unpaired) electrons. The lowest BCUT2D eigenvalue weighted by atomic mass is 10.1. The number of aryl methyl sites for hydroxylation is 1. The van der Waals surface area contributed by atoms with Crippen molar-refractivity contribution in [2.45, 2.75) is 26.3 Å². The van der Waals surface area contributed by atoms with Crippen LogP contribution in [0, 0.1) is 18.3 Å². The molecule has 7 heteroatoms. The van der Waals surface area contributed by atoms with E-state index in [-0.39, 0.29) is 12.5 Å². The number of hydrogen-bond acceptors (Lipinski definition) is 5. The molecule has 0 aliphatic carbocycles. The smallest absolute Gasteiger partial charge is 0.313 e. The van der Waals surface area contributed by atoms with Crippen molar-refractivity contribution >= 4 is 17.5 Å². The predicted octanol–water partition coefficient (Wildman–Crippen LogP) is 2.35. The first kappa shape index (κ1) is 17.2. The molecule has 0 fully saturated rings. The predicted molar refractivity (Wildman–Crippen MR) is 87.8 cm³/mol. The van der Waals surface area contributed by atoms with Crippen LogP contribution < -0.4 is 5.32 Å². The molecule has 124 valence electrons. The molecule has 0 saturated heterocycles. The minimum absolute atomic E-state index is 0.167. The quantitative estimate of drug-likeness (QED) is 0.869. The van der Waals surface area contributed by atoms with Gasteiger partial charge in [-0.05, 0) is 31.2 Å². The van der Waals surface area contributed by atoms with Crippen molar-refractivity contribution in [2.75, 3.05) is 12.4 Å². The van der Waals surface area contributed by atoms with Crippen LogP contribution in [-0.4, -0.2) is 34.8 Å². The summed E-state index contributed by atoms with van der Waals surface area (Å²) in [5.74, 6) is -0.229. The van der Waals surface area contributed by atoms with Gasteiger partial charge in [0.1, 0.15) is 0 Å². The lowest BCUT2D eigenvalue weighted by molar-refractivity contribution is -0.143. The van der Waals surface area contributed by atoms with E-state index in [0.717, 1.165) is 5.56 Å². The fourth-order valence-corrected chi connectivity index (χ4v) is 2.03. The maximum Gasteiger partial charge on any atom is 0.313 e. The summed E-state index contributed by atoms with van der Waals surface area (Å²) in [6.07, 6.45) is 1.79. The number of oxazole rings is 1. The largest absolute Gasteiger partial charge is 0.441 e. The van der Waals surface area contributed by atoms with Crippen LogP contribution >= 0.6 is 0 Å². The van der Waals surface area contributed by atoms with E-state index in [1.54, 1.807) is 44.3 Å². The van der Waals surface area contributed by atoms with Gasteiger partial charge in [0, 0.05) is 31.3 Å². The molecule has 1 atom stereocenters. The van der Waals surface area contributed by atoms with E-state index in [4.69, 9.17) is 9.68 Å². The highest BCUT2D eigenvalue weighted by Crippen LogP contribution is 2.22. The van der Waals surface area contributed by atoms with Crippen molar-refractivity contribution in [1.29, 1.82) is 5.26 Å². The molecule has 2 amide bonds. The van der Waals surface area contributed by atoms with Gasteiger partial charge in [-0.3, -0.25) is 9.59 Å². The van der Waals surface area contributed by atoms with Gasteiger partial charge in [-0.2, -0.15) is 5.26 Å². The highest BCUT2D eigenvalue weighted by atomic mass is 16.4. The van der Waals surface area contributed by atoms with Crippen LogP contribution in [0.5, 0.6) is 0 Å². The van der Waals surface area contributed by atoms with Gasteiger partial charge in [-0.25, -0.2) is 4.98 Å². The number of likely N-dealkylation sites (N-methyl/N-ethyl adjacent to an activating group) is 1. The fraction of sp³-hybridized carbons (Fsp3) is 0.294. The van der Waals surface area contributed by atoms with E-state index in [1.807, 2.05) is 6.07 Å². The molecule has 2 aromatic rings. The number of hydrogen-bond donors (Lipinski definition) is 1. The Kier molecular flexibility index (Phi) is 5.32. The Bertz CT molecular complexity index is 774. The van der Waals surface area contributed by atoms with Gasteiger partial charge in [-0.15, -0.1) is 0 Å². The van der Waals surface area contributed by atoms with Crippen molar-refractivity contribution in [3.05, 3.63) is 36.4 Å². The van der Waals surface area contributed by atoms with E-state index < -0.39 is 11.8 Å². The monoisotopic (exact) mass is 326 g/mol. The zero-order valence-corrected chi connectivity index (χ0v) is 13.7.